The molecule has 0 unspecified atom stereocenters. The molecule has 10 heteroatoms. The predicted molar refractivity (Wildman–Crippen MR) is 124 cm³/mol. The Bertz CT molecular complexity index is 938. The zero-order valence-electron chi connectivity index (χ0n) is 18.1. The summed E-state index contributed by atoms with van der Waals surface area (Å²) >= 11 is 1.49. The summed E-state index contributed by atoms with van der Waals surface area (Å²) in [6, 6.07) is 7.50. The quantitative estimate of drug-likeness (QED) is 0.280. The second-order valence-corrected chi connectivity index (χ2v) is 8.49. The van der Waals surface area contributed by atoms with Gasteiger partial charge < -0.3 is 20.5 Å². The van der Waals surface area contributed by atoms with Gasteiger partial charge in [0, 0.05) is 42.2 Å². The van der Waals surface area contributed by atoms with E-state index in [1.54, 1.807) is 19.1 Å². The fourth-order valence-electron chi connectivity index (χ4n) is 3.78. The van der Waals surface area contributed by atoms with Crippen molar-refractivity contribution in [2.45, 2.75) is 32.2 Å². The second kappa shape index (κ2) is 11.1. The third-order valence-corrected chi connectivity index (χ3v) is 6.33. The number of rotatable bonds is 10. The maximum atomic E-state index is 11.8. The minimum Gasteiger partial charge on any atom is -0.481 e. The number of anilines is 1. The molecule has 0 amide bonds. The molecule has 0 bridgehead atoms. The van der Waals surface area contributed by atoms with Crippen LogP contribution >= 0.6 is 11.3 Å². The number of nitrogens with two attached hydrogens (primary N) is 1. The van der Waals surface area contributed by atoms with Crippen LogP contribution < -0.4 is 10.6 Å². The number of hydrogen-bond acceptors (Lipinski definition) is 8. The largest absolute Gasteiger partial charge is 0.481 e. The first-order chi connectivity index (χ1) is 15.4. The highest BCUT2D eigenvalue weighted by atomic mass is 32.1. The van der Waals surface area contributed by atoms with Gasteiger partial charge in [0.2, 0.25) is 0 Å². The highest BCUT2D eigenvalue weighted by molar-refractivity contribution is 7.14. The summed E-state index contributed by atoms with van der Waals surface area (Å²) in [7, 11) is 0. The number of ether oxygens (including phenoxy) is 1. The minimum absolute atomic E-state index is 0.0182. The fourth-order valence-corrected chi connectivity index (χ4v) is 4.71. The van der Waals surface area contributed by atoms with Crippen LogP contribution in [-0.4, -0.2) is 71.6 Å². The molecule has 3 rings (SSSR count). The molecule has 2 heterocycles. The van der Waals surface area contributed by atoms with Gasteiger partial charge in [-0.15, -0.1) is 11.3 Å². The number of aliphatic carboxylic acids is 1. The van der Waals surface area contributed by atoms with Crippen molar-refractivity contribution in [2.24, 2.45) is 5.73 Å². The third kappa shape index (κ3) is 6.27. The zero-order valence-corrected chi connectivity index (χ0v) is 18.9. The van der Waals surface area contributed by atoms with Gasteiger partial charge in [-0.3, -0.25) is 19.9 Å². The Balaban J connectivity index is 1.70. The van der Waals surface area contributed by atoms with Crippen LogP contribution in [0.2, 0.25) is 0 Å². The van der Waals surface area contributed by atoms with Gasteiger partial charge in [0.05, 0.1) is 25.3 Å². The van der Waals surface area contributed by atoms with Crippen LogP contribution in [0.3, 0.4) is 0 Å². The van der Waals surface area contributed by atoms with Crippen LogP contribution in [0, 0.1) is 5.41 Å². The number of thiazole rings is 1. The summed E-state index contributed by atoms with van der Waals surface area (Å²) in [4.78, 5) is 31.9. The Labute approximate surface area is 191 Å². The Kier molecular flexibility index (Phi) is 8.18. The van der Waals surface area contributed by atoms with E-state index in [0.29, 0.717) is 18.7 Å². The molecule has 1 saturated heterocycles. The normalized spacial score (nSPS) is 14.8. The summed E-state index contributed by atoms with van der Waals surface area (Å²) < 4.78 is 5.04. The molecule has 0 atom stereocenters. The number of nitrogen functional groups attached to an aromatic ring is 1. The molecule has 2 aromatic rings. The SMILES string of the molecule is CCOC(=O)CN1CCC(N(CCC(=O)O)c2nc(-c3ccc(C(=N)N)cc3)cs2)CC1. The Morgan fingerprint density at radius 2 is 2.00 bits per heavy atom. The van der Waals surface area contributed by atoms with Crippen LogP contribution in [0.5, 0.6) is 0 Å². The lowest BCUT2D eigenvalue weighted by atomic mass is 10.0. The molecule has 1 aliphatic heterocycles. The lowest BCUT2D eigenvalue weighted by Crippen LogP contribution is -2.47. The summed E-state index contributed by atoms with van der Waals surface area (Å²) in [5.41, 5.74) is 7.90. The van der Waals surface area contributed by atoms with E-state index >= 15 is 0 Å². The number of nitrogens with zero attached hydrogens (tertiary/aromatic N) is 3. The Morgan fingerprint density at radius 1 is 1.31 bits per heavy atom. The number of carbonyl (C=O) groups is 2. The van der Waals surface area contributed by atoms with Gasteiger partial charge in [-0.05, 0) is 19.8 Å². The van der Waals surface area contributed by atoms with E-state index in [1.807, 2.05) is 17.5 Å². The molecule has 1 aromatic heterocycles. The van der Waals surface area contributed by atoms with Crippen molar-refractivity contribution >= 4 is 34.2 Å². The number of likely N-dealkylation sites (tertiary alicyclic amines) is 1. The van der Waals surface area contributed by atoms with Gasteiger partial charge in [0.15, 0.2) is 5.13 Å². The number of carboxylic acids is 1. The number of hydrogen-bond donors (Lipinski definition) is 3. The second-order valence-electron chi connectivity index (χ2n) is 7.66. The predicted octanol–water partition coefficient (Wildman–Crippen LogP) is 2.40. The van der Waals surface area contributed by atoms with E-state index < -0.39 is 5.97 Å². The molecule has 32 heavy (non-hydrogen) atoms. The zero-order chi connectivity index (χ0) is 23.1. The summed E-state index contributed by atoms with van der Waals surface area (Å²) in [6.07, 6.45) is 1.67. The number of esters is 1. The number of amidine groups is 1. The lowest BCUT2D eigenvalue weighted by Gasteiger charge is -2.38. The number of aromatic nitrogens is 1. The molecule has 0 spiro atoms. The van der Waals surface area contributed by atoms with Gasteiger partial charge in [0.25, 0.3) is 0 Å². The summed E-state index contributed by atoms with van der Waals surface area (Å²) in [5.74, 6) is -1.04. The van der Waals surface area contributed by atoms with Gasteiger partial charge in [0.1, 0.15) is 5.84 Å². The molecule has 0 radical (unpaired) electrons. The number of carboxylic acid groups (broad SMARTS) is 1. The molecule has 0 saturated carbocycles. The van der Waals surface area contributed by atoms with Crippen LogP contribution in [0.1, 0.15) is 31.7 Å². The summed E-state index contributed by atoms with van der Waals surface area (Å²) in [5, 5.41) is 19.5. The van der Waals surface area contributed by atoms with E-state index in [1.165, 1.54) is 11.3 Å². The van der Waals surface area contributed by atoms with E-state index in [2.05, 4.69) is 9.80 Å². The van der Waals surface area contributed by atoms with E-state index in [0.717, 1.165) is 42.3 Å². The maximum Gasteiger partial charge on any atom is 0.320 e. The van der Waals surface area contributed by atoms with Gasteiger partial charge in [-0.25, -0.2) is 4.98 Å². The lowest BCUT2D eigenvalue weighted by molar-refractivity contribution is -0.144. The number of carbonyl (C=O) groups excluding carboxylic acids is 1. The standard InChI is InChI=1S/C22H29N5O4S/c1-2-31-20(30)13-26-10-7-17(8-11-26)27(12-9-19(28)29)22-25-18(14-32-22)15-3-5-16(6-4-15)21(23)24/h3-6,14,17H,2,7-13H2,1H3,(H3,23,24)(H,28,29). The van der Waals surface area contributed by atoms with Crippen molar-refractivity contribution in [1.29, 1.82) is 5.41 Å². The fraction of sp³-hybridized carbons (Fsp3) is 0.455. The van der Waals surface area contributed by atoms with Crippen molar-refractivity contribution in [3.05, 3.63) is 35.2 Å². The minimum atomic E-state index is -0.841. The first-order valence-electron chi connectivity index (χ1n) is 10.6. The number of nitrogens with one attached hydrogen (secondary N) is 1. The Hall–Kier alpha value is -2.98. The molecule has 1 aliphatic rings. The Morgan fingerprint density at radius 3 is 2.59 bits per heavy atom. The molecule has 0 aliphatic carbocycles. The van der Waals surface area contributed by atoms with Crippen LogP contribution in [0.15, 0.2) is 29.6 Å². The summed E-state index contributed by atoms with van der Waals surface area (Å²) in [6.45, 7) is 4.34. The smallest absolute Gasteiger partial charge is 0.320 e. The van der Waals surface area contributed by atoms with Crippen molar-refractivity contribution in [2.75, 3.05) is 37.7 Å². The molecular weight excluding hydrogens is 430 g/mol. The third-order valence-electron chi connectivity index (χ3n) is 5.45. The molecular formula is C22H29N5O4S. The molecule has 1 fully saturated rings. The molecule has 4 N–H and O–H groups in total. The topological polar surface area (TPSA) is 133 Å². The van der Waals surface area contributed by atoms with Gasteiger partial charge in [-0.1, -0.05) is 24.3 Å². The van der Waals surface area contributed by atoms with Crippen LogP contribution in [-0.2, 0) is 14.3 Å². The maximum absolute atomic E-state index is 11.8. The van der Waals surface area contributed by atoms with Gasteiger partial charge in [-0.2, -0.15) is 0 Å². The first kappa shape index (κ1) is 23.7. The van der Waals surface area contributed by atoms with Crippen LogP contribution in [0.4, 0.5) is 5.13 Å². The van der Waals surface area contributed by atoms with Crippen LogP contribution in [0.25, 0.3) is 11.3 Å². The molecule has 172 valence electrons. The highest BCUT2D eigenvalue weighted by Crippen LogP contribution is 2.31. The van der Waals surface area contributed by atoms with Crippen molar-refractivity contribution < 1.29 is 19.4 Å². The highest BCUT2D eigenvalue weighted by Gasteiger charge is 2.28. The molecule has 1 aromatic carbocycles. The average Bonchev–Trinajstić information content (AvgIpc) is 3.25. The average molecular weight is 460 g/mol. The van der Waals surface area contributed by atoms with E-state index in [9.17, 15) is 14.7 Å². The number of benzene rings is 1. The van der Waals surface area contributed by atoms with Gasteiger partial charge >= 0.3 is 11.9 Å². The monoisotopic (exact) mass is 459 g/mol. The van der Waals surface area contributed by atoms with Crippen molar-refractivity contribution in [3.63, 3.8) is 0 Å². The number of piperidine rings is 1. The van der Waals surface area contributed by atoms with E-state index in [4.69, 9.17) is 20.9 Å². The first-order valence-corrected chi connectivity index (χ1v) is 11.5. The van der Waals surface area contributed by atoms with Crippen molar-refractivity contribution in [3.8, 4) is 11.3 Å². The van der Waals surface area contributed by atoms with E-state index in [-0.39, 0.29) is 30.8 Å². The van der Waals surface area contributed by atoms with Crippen molar-refractivity contribution in [1.82, 2.24) is 9.88 Å². The molecule has 9 nitrogen and oxygen atoms in total.